The van der Waals surface area contributed by atoms with E-state index in [2.05, 4.69) is 17.0 Å². The molecule has 0 aliphatic carbocycles. The number of likely N-dealkylation sites (tertiary alicyclic amines) is 1. The summed E-state index contributed by atoms with van der Waals surface area (Å²) < 4.78 is 11.7. The number of ether oxygens (including phenoxy) is 2. The van der Waals surface area contributed by atoms with Crippen molar-refractivity contribution in [2.75, 3.05) is 26.2 Å². The Labute approximate surface area is 231 Å². The van der Waals surface area contributed by atoms with Crippen LogP contribution in [-0.2, 0) is 21.7 Å². The van der Waals surface area contributed by atoms with Crippen molar-refractivity contribution in [2.24, 2.45) is 5.73 Å². The molecule has 0 aromatic heterocycles. The van der Waals surface area contributed by atoms with Gasteiger partial charge in [-0.1, -0.05) is 72.8 Å². The van der Waals surface area contributed by atoms with Gasteiger partial charge in [0.15, 0.2) is 0 Å². The number of carbonyl (C=O) groups is 1. The van der Waals surface area contributed by atoms with Gasteiger partial charge in [-0.2, -0.15) is 0 Å². The zero-order valence-corrected chi connectivity index (χ0v) is 22.5. The van der Waals surface area contributed by atoms with E-state index >= 15 is 0 Å². The van der Waals surface area contributed by atoms with Crippen molar-refractivity contribution in [1.82, 2.24) is 4.90 Å². The third kappa shape index (κ3) is 7.94. The third-order valence-corrected chi connectivity index (χ3v) is 6.41. The molecule has 1 atom stereocenters. The van der Waals surface area contributed by atoms with E-state index < -0.39 is 11.6 Å². The Balaban J connectivity index is 0.00000241. The average molecular weight is 548 g/mol. The van der Waals surface area contributed by atoms with Crippen molar-refractivity contribution in [3.8, 4) is 5.75 Å². The van der Waals surface area contributed by atoms with Gasteiger partial charge in [-0.3, -0.25) is 4.90 Å². The van der Waals surface area contributed by atoms with E-state index in [4.69, 9.17) is 15.2 Å². The van der Waals surface area contributed by atoms with Gasteiger partial charge in [0.25, 0.3) is 0 Å². The van der Waals surface area contributed by atoms with Gasteiger partial charge < -0.3 is 20.3 Å². The maximum Gasteiger partial charge on any atom is 0.347 e. The Kier molecular flexibility index (Phi) is 12.4. The van der Waals surface area contributed by atoms with E-state index in [1.807, 2.05) is 24.3 Å². The second-order valence-corrected chi connectivity index (χ2v) is 8.96. The quantitative estimate of drug-likeness (QED) is 0.283. The van der Waals surface area contributed by atoms with Crippen LogP contribution in [-0.4, -0.2) is 48.3 Å². The number of nitrogens with two attached hydrogens (primary N) is 1. The molecule has 0 spiro atoms. The van der Waals surface area contributed by atoms with Crippen LogP contribution in [0, 0.1) is 0 Å². The zero-order valence-electron chi connectivity index (χ0n) is 20.8. The molecule has 3 N–H and O–H groups in total. The summed E-state index contributed by atoms with van der Waals surface area (Å²) in [4.78, 5) is 15.9. The van der Waals surface area contributed by atoms with Crippen LogP contribution in [0.2, 0.25) is 0 Å². The van der Waals surface area contributed by atoms with Crippen molar-refractivity contribution in [2.45, 2.75) is 37.5 Å². The molecule has 0 saturated carbocycles. The van der Waals surface area contributed by atoms with E-state index in [1.54, 1.807) is 48.5 Å². The molecule has 3 aromatic carbocycles. The SMILES string of the molecule is Cl.Cl.NCCCOc1cccc([C@](O)(C(=O)OC2CCN(Cc3ccccc3)CC2)c2ccccc2)c1. The van der Waals surface area contributed by atoms with Gasteiger partial charge >= 0.3 is 5.97 Å². The van der Waals surface area contributed by atoms with E-state index in [0.29, 0.717) is 30.0 Å². The standard InChI is InChI=1S/C29H34N2O4.2ClH/c30-17-8-20-34-27-14-7-13-25(21-27)29(33,24-11-5-2-6-12-24)28(32)35-26-15-18-31(19-16-26)22-23-9-3-1-4-10-23;;/h1-7,9-14,21,26,33H,8,15-20,22,30H2;2*1H/t29-;;/m0../s1. The predicted molar refractivity (Wildman–Crippen MR) is 150 cm³/mol. The fourth-order valence-electron chi connectivity index (χ4n) is 4.43. The molecule has 1 aliphatic heterocycles. The van der Waals surface area contributed by atoms with Crippen LogP contribution in [0.1, 0.15) is 36.0 Å². The van der Waals surface area contributed by atoms with Crippen molar-refractivity contribution in [3.05, 3.63) is 102 Å². The Hall–Kier alpha value is -2.61. The second-order valence-electron chi connectivity index (χ2n) is 8.96. The summed E-state index contributed by atoms with van der Waals surface area (Å²) in [6, 6.07) is 26.3. The fourth-order valence-corrected chi connectivity index (χ4v) is 4.43. The molecule has 1 aliphatic rings. The summed E-state index contributed by atoms with van der Waals surface area (Å²) in [5, 5.41) is 11.8. The van der Waals surface area contributed by atoms with Gasteiger partial charge in [-0.05, 0) is 49.1 Å². The maximum atomic E-state index is 13.5. The number of hydrogen-bond donors (Lipinski definition) is 2. The lowest BCUT2D eigenvalue weighted by atomic mass is 9.86. The number of hydrogen-bond acceptors (Lipinski definition) is 6. The highest BCUT2D eigenvalue weighted by Gasteiger charge is 2.43. The number of esters is 1. The van der Waals surface area contributed by atoms with Crippen molar-refractivity contribution in [3.63, 3.8) is 0 Å². The van der Waals surface area contributed by atoms with Gasteiger partial charge in [-0.25, -0.2) is 4.79 Å². The van der Waals surface area contributed by atoms with Gasteiger partial charge in [-0.15, -0.1) is 24.8 Å². The van der Waals surface area contributed by atoms with Gasteiger partial charge in [0.2, 0.25) is 5.60 Å². The third-order valence-electron chi connectivity index (χ3n) is 6.41. The van der Waals surface area contributed by atoms with Crippen LogP contribution in [0.15, 0.2) is 84.9 Å². The van der Waals surface area contributed by atoms with Crippen molar-refractivity contribution >= 4 is 30.8 Å². The van der Waals surface area contributed by atoms with Gasteiger partial charge in [0.05, 0.1) is 6.61 Å². The molecule has 0 unspecified atom stereocenters. The Morgan fingerprint density at radius 2 is 1.54 bits per heavy atom. The molecule has 1 fully saturated rings. The summed E-state index contributed by atoms with van der Waals surface area (Å²) in [6.45, 7) is 3.55. The first-order valence-corrected chi connectivity index (χ1v) is 12.3. The topological polar surface area (TPSA) is 85.0 Å². The molecule has 0 bridgehead atoms. The van der Waals surface area contributed by atoms with Crippen molar-refractivity contribution in [1.29, 1.82) is 0 Å². The summed E-state index contributed by atoms with van der Waals surface area (Å²) in [5.74, 6) is -0.0864. The Morgan fingerprint density at radius 3 is 2.19 bits per heavy atom. The number of rotatable bonds is 10. The second kappa shape index (κ2) is 15.0. The first-order chi connectivity index (χ1) is 17.1. The largest absolute Gasteiger partial charge is 0.494 e. The Bertz CT molecular complexity index is 1080. The first kappa shape index (κ1) is 30.6. The minimum Gasteiger partial charge on any atom is -0.494 e. The molecule has 3 aromatic rings. The van der Waals surface area contributed by atoms with Crippen LogP contribution in [0.5, 0.6) is 5.75 Å². The molecule has 6 nitrogen and oxygen atoms in total. The number of halogens is 2. The molecule has 1 heterocycles. The van der Waals surface area contributed by atoms with Crippen LogP contribution in [0.4, 0.5) is 0 Å². The van der Waals surface area contributed by atoms with Crippen LogP contribution < -0.4 is 10.5 Å². The van der Waals surface area contributed by atoms with E-state index in [1.165, 1.54) is 5.56 Å². The fraction of sp³-hybridized carbons (Fsp3) is 0.345. The normalized spacial score (nSPS) is 15.5. The number of aliphatic hydroxyl groups is 1. The molecule has 8 heteroatoms. The maximum absolute atomic E-state index is 13.5. The molecule has 37 heavy (non-hydrogen) atoms. The average Bonchev–Trinajstić information content (AvgIpc) is 2.91. The van der Waals surface area contributed by atoms with Crippen LogP contribution >= 0.6 is 24.8 Å². The van der Waals surface area contributed by atoms with E-state index in [0.717, 1.165) is 38.9 Å². The van der Waals surface area contributed by atoms with Gasteiger partial charge in [0.1, 0.15) is 11.9 Å². The molecule has 4 rings (SSSR count). The Morgan fingerprint density at radius 1 is 0.919 bits per heavy atom. The number of piperidine rings is 1. The minimum absolute atomic E-state index is 0. The summed E-state index contributed by atoms with van der Waals surface area (Å²) in [6.07, 6.45) is 1.93. The lowest BCUT2D eigenvalue weighted by Crippen LogP contribution is -2.43. The van der Waals surface area contributed by atoms with E-state index in [-0.39, 0.29) is 30.9 Å². The molecule has 0 amide bonds. The summed E-state index contributed by atoms with van der Waals surface area (Å²) in [5.41, 5.74) is 5.78. The monoisotopic (exact) mass is 546 g/mol. The molecule has 0 radical (unpaired) electrons. The highest BCUT2D eigenvalue weighted by atomic mass is 35.5. The van der Waals surface area contributed by atoms with Crippen LogP contribution in [0.25, 0.3) is 0 Å². The lowest BCUT2D eigenvalue weighted by Gasteiger charge is -2.34. The molecule has 1 saturated heterocycles. The van der Waals surface area contributed by atoms with Crippen molar-refractivity contribution < 1.29 is 19.4 Å². The highest BCUT2D eigenvalue weighted by Crippen LogP contribution is 2.34. The number of carbonyl (C=O) groups excluding carboxylic acids is 1. The smallest absolute Gasteiger partial charge is 0.347 e. The molecular weight excluding hydrogens is 511 g/mol. The number of nitrogens with zero attached hydrogens (tertiary/aromatic N) is 1. The zero-order chi connectivity index (χ0) is 24.5. The first-order valence-electron chi connectivity index (χ1n) is 12.3. The molecule has 200 valence electrons. The van der Waals surface area contributed by atoms with E-state index in [9.17, 15) is 9.90 Å². The molecular formula is C29H36Cl2N2O4. The predicted octanol–water partition coefficient (Wildman–Crippen LogP) is 4.70. The highest BCUT2D eigenvalue weighted by molar-refractivity contribution is 5.86. The number of benzene rings is 3. The summed E-state index contributed by atoms with van der Waals surface area (Å²) >= 11 is 0. The summed E-state index contributed by atoms with van der Waals surface area (Å²) in [7, 11) is 0. The van der Waals surface area contributed by atoms with Gasteiger partial charge in [0, 0.05) is 25.2 Å². The van der Waals surface area contributed by atoms with Crippen LogP contribution in [0.3, 0.4) is 0 Å². The minimum atomic E-state index is -1.93. The lowest BCUT2D eigenvalue weighted by molar-refractivity contribution is -0.170.